The van der Waals surface area contributed by atoms with Crippen LogP contribution in [0, 0.1) is 6.92 Å². The van der Waals surface area contributed by atoms with E-state index in [-0.39, 0.29) is 11.4 Å². The Morgan fingerprint density at radius 2 is 1.44 bits per heavy atom. The first-order valence-electron chi connectivity index (χ1n) is 11.2. The summed E-state index contributed by atoms with van der Waals surface area (Å²) in [5, 5.41) is 2.82. The molecule has 0 heterocycles. The zero-order valence-electron chi connectivity index (χ0n) is 19.7. The van der Waals surface area contributed by atoms with E-state index in [0.717, 1.165) is 15.4 Å². The number of benzene rings is 3. The van der Waals surface area contributed by atoms with Gasteiger partial charge in [0.2, 0.25) is 5.91 Å². The molecule has 34 heavy (non-hydrogen) atoms. The van der Waals surface area contributed by atoms with Crippen molar-refractivity contribution in [3.05, 3.63) is 83.9 Å². The SMILES string of the molecule is CCOc1ccccc1CNC(=O)CN(c1ccccc1OCC)S(=O)(=O)c1ccc(C)cc1. The minimum atomic E-state index is -4.04. The predicted molar refractivity (Wildman–Crippen MR) is 133 cm³/mol. The van der Waals surface area contributed by atoms with Crippen molar-refractivity contribution in [1.82, 2.24) is 5.32 Å². The highest BCUT2D eigenvalue weighted by atomic mass is 32.2. The van der Waals surface area contributed by atoms with Gasteiger partial charge in [-0.1, -0.05) is 48.0 Å². The summed E-state index contributed by atoms with van der Waals surface area (Å²) >= 11 is 0. The maximum absolute atomic E-state index is 13.6. The average molecular weight is 483 g/mol. The van der Waals surface area contributed by atoms with Crippen LogP contribution < -0.4 is 19.1 Å². The lowest BCUT2D eigenvalue weighted by Gasteiger charge is -2.26. The van der Waals surface area contributed by atoms with Gasteiger partial charge in [-0.15, -0.1) is 0 Å². The largest absolute Gasteiger partial charge is 0.494 e. The molecule has 0 bridgehead atoms. The molecule has 7 nitrogen and oxygen atoms in total. The Hall–Kier alpha value is -3.52. The first-order valence-corrected chi connectivity index (χ1v) is 12.6. The third-order valence-electron chi connectivity index (χ3n) is 5.08. The van der Waals surface area contributed by atoms with Crippen LogP contribution in [-0.4, -0.2) is 34.1 Å². The van der Waals surface area contributed by atoms with E-state index in [1.165, 1.54) is 12.1 Å². The van der Waals surface area contributed by atoms with E-state index in [1.54, 1.807) is 36.4 Å². The lowest BCUT2D eigenvalue weighted by atomic mass is 10.2. The van der Waals surface area contributed by atoms with Crippen LogP contribution in [0.5, 0.6) is 11.5 Å². The van der Waals surface area contributed by atoms with Crippen molar-refractivity contribution in [2.24, 2.45) is 0 Å². The molecule has 0 aliphatic carbocycles. The van der Waals surface area contributed by atoms with Crippen molar-refractivity contribution in [1.29, 1.82) is 0 Å². The Labute approximate surface area is 201 Å². The van der Waals surface area contributed by atoms with E-state index in [1.807, 2.05) is 45.0 Å². The summed E-state index contributed by atoms with van der Waals surface area (Å²) in [7, 11) is -4.04. The number of ether oxygens (including phenoxy) is 2. The number of rotatable bonds is 11. The molecule has 0 atom stereocenters. The molecule has 3 rings (SSSR count). The second kappa shape index (κ2) is 11.6. The summed E-state index contributed by atoms with van der Waals surface area (Å²) in [4.78, 5) is 13.1. The number of amides is 1. The number of anilines is 1. The average Bonchev–Trinajstić information content (AvgIpc) is 2.83. The van der Waals surface area contributed by atoms with Gasteiger partial charge in [0.15, 0.2) is 0 Å². The molecular formula is C26H30N2O5S. The molecule has 0 fully saturated rings. The number of para-hydroxylation sites is 3. The van der Waals surface area contributed by atoms with Crippen molar-refractivity contribution >= 4 is 21.6 Å². The molecule has 1 amide bonds. The van der Waals surface area contributed by atoms with E-state index < -0.39 is 22.5 Å². The Kier molecular flexibility index (Phi) is 8.54. The predicted octanol–water partition coefficient (Wildman–Crippen LogP) is 4.30. The molecule has 180 valence electrons. The van der Waals surface area contributed by atoms with Crippen LogP contribution in [-0.2, 0) is 21.4 Å². The molecule has 0 spiro atoms. The Morgan fingerprint density at radius 1 is 0.853 bits per heavy atom. The van der Waals surface area contributed by atoms with Gasteiger partial charge in [-0.3, -0.25) is 9.10 Å². The number of aryl methyl sites for hydroxylation is 1. The van der Waals surface area contributed by atoms with Gasteiger partial charge >= 0.3 is 0 Å². The molecular weight excluding hydrogens is 452 g/mol. The first-order chi connectivity index (χ1) is 16.4. The maximum atomic E-state index is 13.6. The maximum Gasteiger partial charge on any atom is 0.264 e. The van der Waals surface area contributed by atoms with Crippen molar-refractivity contribution in [2.75, 3.05) is 24.1 Å². The van der Waals surface area contributed by atoms with E-state index in [9.17, 15) is 13.2 Å². The molecule has 3 aromatic carbocycles. The van der Waals surface area contributed by atoms with Gasteiger partial charge in [-0.25, -0.2) is 8.42 Å². The van der Waals surface area contributed by atoms with Gasteiger partial charge < -0.3 is 14.8 Å². The van der Waals surface area contributed by atoms with Crippen molar-refractivity contribution in [2.45, 2.75) is 32.2 Å². The summed E-state index contributed by atoms with van der Waals surface area (Å²) in [6, 6.07) is 20.7. The third-order valence-corrected chi connectivity index (χ3v) is 6.85. The van der Waals surface area contributed by atoms with Crippen LogP contribution in [0.15, 0.2) is 77.7 Å². The van der Waals surface area contributed by atoms with Gasteiger partial charge in [-0.05, 0) is 51.1 Å². The first kappa shape index (κ1) is 25.1. The van der Waals surface area contributed by atoms with Gasteiger partial charge in [-0.2, -0.15) is 0 Å². The zero-order valence-corrected chi connectivity index (χ0v) is 20.5. The number of nitrogens with one attached hydrogen (secondary N) is 1. The standard InChI is InChI=1S/C26H30N2O5S/c1-4-32-24-12-8-6-10-21(24)18-27-26(29)19-28(23-11-7-9-13-25(23)33-5-2)34(30,31)22-16-14-20(3)15-17-22/h6-17H,4-5,18-19H2,1-3H3,(H,27,29). The molecule has 3 aromatic rings. The van der Waals surface area contributed by atoms with Crippen LogP contribution in [0.25, 0.3) is 0 Å². The van der Waals surface area contributed by atoms with Gasteiger partial charge in [0.25, 0.3) is 10.0 Å². The number of hydrogen-bond acceptors (Lipinski definition) is 5. The fraction of sp³-hybridized carbons (Fsp3) is 0.269. The summed E-state index contributed by atoms with van der Waals surface area (Å²) in [6.07, 6.45) is 0. The molecule has 0 unspecified atom stereocenters. The van der Waals surface area contributed by atoms with Crippen molar-refractivity contribution in [3.63, 3.8) is 0 Å². The highest BCUT2D eigenvalue weighted by Gasteiger charge is 2.29. The summed E-state index contributed by atoms with van der Waals surface area (Å²) in [6.45, 7) is 6.25. The topological polar surface area (TPSA) is 84.9 Å². The zero-order chi connectivity index (χ0) is 24.6. The van der Waals surface area contributed by atoms with Crippen LogP contribution in [0.2, 0.25) is 0 Å². The van der Waals surface area contributed by atoms with Crippen LogP contribution in [0.4, 0.5) is 5.69 Å². The summed E-state index contributed by atoms with van der Waals surface area (Å²) in [5.74, 6) is 0.611. The summed E-state index contributed by atoms with van der Waals surface area (Å²) < 4.78 is 39.6. The number of sulfonamides is 1. The van der Waals surface area contributed by atoms with Crippen LogP contribution in [0.1, 0.15) is 25.0 Å². The Balaban J connectivity index is 1.90. The van der Waals surface area contributed by atoms with E-state index in [4.69, 9.17) is 9.47 Å². The number of carbonyl (C=O) groups excluding carboxylic acids is 1. The number of nitrogens with zero attached hydrogens (tertiary/aromatic N) is 1. The van der Waals surface area contributed by atoms with E-state index in [2.05, 4.69) is 5.32 Å². The minimum Gasteiger partial charge on any atom is -0.494 e. The Bertz CT molecular complexity index is 1210. The second-order valence-electron chi connectivity index (χ2n) is 7.54. The minimum absolute atomic E-state index is 0.0962. The Morgan fingerprint density at radius 3 is 2.12 bits per heavy atom. The highest BCUT2D eigenvalue weighted by Crippen LogP contribution is 2.32. The molecule has 0 aliphatic rings. The van der Waals surface area contributed by atoms with E-state index >= 15 is 0 Å². The molecule has 0 saturated carbocycles. The van der Waals surface area contributed by atoms with E-state index in [0.29, 0.717) is 30.4 Å². The molecule has 0 saturated heterocycles. The van der Waals surface area contributed by atoms with Gasteiger partial charge in [0, 0.05) is 12.1 Å². The fourth-order valence-electron chi connectivity index (χ4n) is 3.40. The second-order valence-corrected chi connectivity index (χ2v) is 9.41. The third kappa shape index (κ3) is 6.08. The monoisotopic (exact) mass is 482 g/mol. The highest BCUT2D eigenvalue weighted by molar-refractivity contribution is 7.92. The summed E-state index contributed by atoms with van der Waals surface area (Å²) in [5.41, 5.74) is 2.04. The van der Waals surface area contributed by atoms with Crippen molar-refractivity contribution in [3.8, 4) is 11.5 Å². The molecule has 0 radical (unpaired) electrons. The smallest absolute Gasteiger partial charge is 0.264 e. The van der Waals surface area contributed by atoms with Crippen LogP contribution >= 0.6 is 0 Å². The molecule has 8 heteroatoms. The quantitative estimate of drug-likeness (QED) is 0.440. The van der Waals surface area contributed by atoms with Crippen molar-refractivity contribution < 1.29 is 22.7 Å². The number of hydrogen-bond donors (Lipinski definition) is 1. The lowest BCUT2D eigenvalue weighted by molar-refractivity contribution is -0.119. The normalized spacial score (nSPS) is 11.0. The number of carbonyl (C=O) groups is 1. The molecule has 0 aromatic heterocycles. The fourth-order valence-corrected chi connectivity index (χ4v) is 4.84. The van der Waals surface area contributed by atoms with Gasteiger partial charge in [0.05, 0.1) is 23.8 Å². The van der Waals surface area contributed by atoms with Crippen LogP contribution in [0.3, 0.4) is 0 Å². The molecule has 0 aliphatic heterocycles. The molecule has 1 N–H and O–H groups in total. The lowest BCUT2D eigenvalue weighted by Crippen LogP contribution is -2.41. The van der Waals surface area contributed by atoms with Gasteiger partial charge in [0.1, 0.15) is 18.0 Å².